The fourth-order valence-corrected chi connectivity index (χ4v) is 1.38. The highest BCUT2D eigenvalue weighted by atomic mass is 32.1. The maximum Gasteiger partial charge on any atom is 0.0790 e. The van der Waals surface area contributed by atoms with E-state index in [0.29, 0.717) is 0 Å². The summed E-state index contributed by atoms with van der Waals surface area (Å²) in [7, 11) is 0. The number of aryl methyl sites for hydroxylation is 2. The Balaban J connectivity index is 3.32. The summed E-state index contributed by atoms with van der Waals surface area (Å²) in [6, 6.07) is 4.13. The number of hydrogen-bond acceptors (Lipinski definition) is 2. The number of rotatable bonds is 1. The summed E-state index contributed by atoms with van der Waals surface area (Å²) in [5, 5.41) is 0. The first-order valence-corrected chi connectivity index (χ1v) is 4.39. The molecule has 0 aliphatic rings. The second-order valence-corrected chi connectivity index (χ2v) is 3.23. The minimum atomic E-state index is 0.980. The van der Waals surface area contributed by atoms with Crippen molar-refractivity contribution in [3.05, 3.63) is 23.3 Å². The van der Waals surface area contributed by atoms with E-state index in [-0.39, 0.29) is 0 Å². The third-order valence-electron chi connectivity index (χ3n) is 1.81. The quantitative estimate of drug-likeness (QED) is 0.501. The molecule has 12 heavy (non-hydrogen) atoms. The van der Waals surface area contributed by atoms with Crippen LogP contribution in [0.1, 0.15) is 18.1 Å². The van der Waals surface area contributed by atoms with Crippen LogP contribution in [0, 0.1) is 13.8 Å². The predicted octanol–water partition coefficient (Wildman–Crippen LogP) is 3.31. The van der Waals surface area contributed by atoms with Gasteiger partial charge in [0.05, 0.1) is 5.69 Å². The Morgan fingerprint density at radius 2 is 1.83 bits per heavy atom. The van der Waals surface area contributed by atoms with Crippen LogP contribution in [0.2, 0.25) is 0 Å². The van der Waals surface area contributed by atoms with E-state index >= 15 is 0 Å². The van der Waals surface area contributed by atoms with Crippen LogP contribution in [0.5, 0.6) is 0 Å². The first kappa shape index (κ1) is 9.33. The van der Waals surface area contributed by atoms with Crippen molar-refractivity contribution in [3.63, 3.8) is 0 Å². The van der Waals surface area contributed by atoms with E-state index in [4.69, 9.17) is 0 Å². The van der Waals surface area contributed by atoms with Crippen molar-refractivity contribution < 1.29 is 0 Å². The molecule has 0 aliphatic carbocycles. The minimum absolute atomic E-state index is 0.980. The Kier molecular flexibility index (Phi) is 2.93. The number of hydrogen-bond donors (Lipinski definition) is 1. The molecular formula is C10H13NS. The molecule has 0 aromatic heterocycles. The van der Waals surface area contributed by atoms with Crippen LogP contribution < -0.4 is 0 Å². The molecule has 0 heterocycles. The summed E-state index contributed by atoms with van der Waals surface area (Å²) in [6.07, 6.45) is 1.79. The van der Waals surface area contributed by atoms with E-state index in [1.54, 1.807) is 6.21 Å². The lowest BCUT2D eigenvalue weighted by atomic mass is 10.1. The van der Waals surface area contributed by atoms with Gasteiger partial charge in [-0.1, -0.05) is 12.1 Å². The summed E-state index contributed by atoms with van der Waals surface area (Å²) in [4.78, 5) is 5.24. The molecule has 0 unspecified atom stereocenters. The summed E-state index contributed by atoms with van der Waals surface area (Å²) < 4.78 is 0. The fraction of sp³-hybridized carbons (Fsp3) is 0.300. The van der Waals surface area contributed by atoms with E-state index in [1.165, 1.54) is 11.1 Å². The topological polar surface area (TPSA) is 12.4 Å². The molecule has 0 aliphatic heterocycles. The van der Waals surface area contributed by atoms with Crippen LogP contribution in [0.25, 0.3) is 0 Å². The molecule has 0 saturated carbocycles. The predicted molar refractivity (Wildman–Crippen MR) is 57.0 cm³/mol. The van der Waals surface area contributed by atoms with Gasteiger partial charge in [-0.15, -0.1) is 12.6 Å². The molecule has 0 saturated heterocycles. The van der Waals surface area contributed by atoms with Gasteiger partial charge in [0.2, 0.25) is 0 Å². The van der Waals surface area contributed by atoms with Crippen LogP contribution in [0.3, 0.4) is 0 Å². The average molecular weight is 179 g/mol. The van der Waals surface area contributed by atoms with Crippen LogP contribution in [-0.4, -0.2) is 6.21 Å². The highest BCUT2D eigenvalue weighted by Crippen LogP contribution is 2.29. The van der Waals surface area contributed by atoms with Crippen molar-refractivity contribution in [3.8, 4) is 0 Å². The summed E-state index contributed by atoms with van der Waals surface area (Å²) in [5.74, 6) is 0. The van der Waals surface area contributed by atoms with Crippen LogP contribution in [-0.2, 0) is 0 Å². The smallest absolute Gasteiger partial charge is 0.0790 e. The third kappa shape index (κ3) is 1.69. The first-order valence-electron chi connectivity index (χ1n) is 3.94. The van der Waals surface area contributed by atoms with Crippen LogP contribution in [0.15, 0.2) is 22.0 Å². The molecule has 0 radical (unpaired) electrons. The van der Waals surface area contributed by atoms with E-state index in [9.17, 15) is 0 Å². The van der Waals surface area contributed by atoms with Crippen molar-refractivity contribution >= 4 is 24.5 Å². The highest BCUT2D eigenvalue weighted by molar-refractivity contribution is 7.80. The van der Waals surface area contributed by atoms with Gasteiger partial charge in [0.25, 0.3) is 0 Å². The molecule has 0 atom stereocenters. The van der Waals surface area contributed by atoms with Crippen LogP contribution in [0.4, 0.5) is 5.69 Å². The average Bonchev–Trinajstić information content (AvgIpc) is 2.06. The molecular weight excluding hydrogens is 166 g/mol. The zero-order chi connectivity index (χ0) is 9.14. The lowest BCUT2D eigenvalue weighted by Crippen LogP contribution is -1.81. The van der Waals surface area contributed by atoms with Crippen LogP contribution >= 0.6 is 12.6 Å². The molecule has 1 aromatic rings. The molecule has 0 spiro atoms. The molecule has 0 N–H and O–H groups in total. The van der Waals surface area contributed by atoms with Crippen molar-refractivity contribution in [2.75, 3.05) is 0 Å². The minimum Gasteiger partial charge on any atom is -0.260 e. The molecule has 2 heteroatoms. The lowest BCUT2D eigenvalue weighted by Gasteiger charge is -2.05. The Morgan fingerprint density at radius 1 is 1.25 bits per heavy atom. The molecule has 0 fully saturated rings. The van der Waals surface area contributed by atoms with Gasteiger partial charge in [-0.25, -0.2) is 0 Å². The number of aliphatic imine (C=N–C) groups is 1. The Bertz CT molecular complexity index is 316. The fourth-order valence-electron chi connectivity index (χ4n) is 1.07. The van der Waals surface area contributed by atoms with Gasteiger partial charge in [0.1, 0.15) is 0 Å². The van der Waals surface area contributed by atoms with E-state index < -0.39 is 0 Å². The van der Waals surface area contributed by atoms with E-state index in [1.807, 2.05) is 20.8 Å². The molecule has 1 nitrogen and oxygen atoms in total. The van der Waals surface area contributed by atoms with Gasteiger partial charge in [0, 0.05) is 11.1 Å². The summed E-state index contributed by atoms with van der Waals surface area (Å²) in [5.41, 5.74) is 3.33. The third-order valence-corrected chi connectivity index (χ3v) is 2.38. The molecule has 0 bridgehead atoms. The molecule has 64 valence electrons. The first-order chi connectivity index (χ1) is 5.66. The Labute approximate surface area is 78.9 Å². The van der Waals surface area contributed by atoms with Gasteiger partial charge in [-0.3, -0.25) is 4.99 Å². The number of benzene rings is 1. The second-order valence-electron chi connectivity index (χ2n) is 2.78. The van der Waals surface area contributed by atoms with Gasteiger partial charge in [-0.2, -0.15) is 0 Å². The van der Waals surface area contributed by atoms with Gasteiger partial charge < -0.3 is 0 Å². The normalized spacial score (nSPS) is 11.0. The van der Waals surface area contributed by atoms with Gasteiger partial charge in [-0.05, 0) is 31.9 Å². The summed E-state index contributed by atoms with van der Waals surface area (Å²) >= 11 is 4.40. The molecule has 1 aromatic carbocycles. The monoisotopic (exact) mass is 179 g/mol. The summed E-state index contributed by atoms with van der Waals surface area (Å²) in [6.45, 7) is 5.99. The molecule has 0 amide bonds. The second kappa shape index (κ2) is 3.76. The zero-order valence-corrected chi connectivity index (χ0v) is 8.52. The van der Waals surface area contributed by atoms with Crippen molar-refractivity contribution in [2.24, 2.45) is 4.99 Å². The number of nitrogens with zero attached hydrogens (tertiary/aromatic N) is 1. The maximum absolute atomic E-state index is 4.40. The largest absolute Gasteiger partial charge is 0.260 e. The van der Waals surface area contributed by atoms with Crippen molar-refractivity contribution in [1.29, 1.82) is 0 Å². The Morgan fingerprint density at radius 3 is 2.42 bits per heavy atom. The maximum atomic E-state index is 4.40. The van der Waals surface area contributed by atoms with Gasteiger partial charge in [0.15, 0.2) is 0 Å². The lowest BCUT2D eigenvalue weighted by molar-refractivity contribution is 1.24. The highest BCUT2D eigenvalue weighted by Gasteiger charge is 2.02. The van der Waals surface area contributed by atoms with Crippen molar-refractivity contribution in [2.45, 2.75) is 25.7 Å². The SMILES string of the molecule is CC=Nc1c(C)ccc(C)c1S. The Hall–Kier alpha value is -0.760. The molecule has 1 rings (SSSR count). The van der Waals surface area contributed by atoms with Gasteiger partial charge >= 0.3 is 0 Å². The van der Waals surface area contributed by atoms with E-state index in [2.05, 4.69) is 29.8 Å². The number of thiol groups is 1. The van der Waals surface area contributed by atoms with E-state index in [0.717, 1.165) is 10.6 Å². The standard InChI is InChI=1S/C10H13NS/c1-4-11-9-7(2)5-6-8(3)10(9)12/h4-6,12H,1-3H3. The zero-order valence-electron chi connectivity index (χ0n) is 7.63. The van der Waals surface area contributed by atoms with Crippen molar-refractivity contribution in [1.82, 2.24) is 0 Å².